The number of hydrogen-bond acceptors (Lipinski definition) is 3. The summed E-state index contributed by atoms with van der Waals surface area (Å²) < 4.78 is 1.65. The maximum Gasteiger partial charge on any atom is 0.257 e. The zero-order valence-electron chi connectivity index (χ0n) is 9.59. The van der Waals surface area contributed by atoms with Crippen LogP contribution < -0.4 is 5.73 Å². The Balaban J connectivity index is 2.09. The van der Waals surface area contributed by atoms with Crippen LogP contribution in [-0.4, -0.2) is 39.7 Å². The van der Waals surface area contributed by atoms with Crippen LogP contribution in [-0.2, 0) is 7.05 Å². The first-order valence-electron chi connectivity index (χ1n) is 5.72. The van der Waals surface area contributed by atoms with Crippen LogP contribution in [0.4, 0.5) is 0 Å². The van der Waals surface area contributed by atoms with E-state index in [1.165, 1.54) is 6.42 Å². The summed E-state index contributed by atoms with van der Waals surface area (Å²) in [6.07, 6.45) is 6.79. The molecule has 1 aliphatic carbocycles. The van der Waals surface area contributed by atoms with Gasteiger partial charge in [-0.3, -0.25) is 9.48 Å². The van der Waals surface area contributed by atoms with Crippen LogP contribution in [0.1, 0.15) is 29.6 Å². The van der Waals surface area contributed by atoms with E-state index in [4.69, 9.17) is 5.73 Å². The molecule has 5 nitrogen and oxygen atoms in total. The molecule has 16 heavy (non-hydrogen) atoms. The van der Waals surface area contributed by atoms with Crippen LogP contribution in [0.3, 0.4) is 0 Å². The van der Waals surface area contributed by atoms with Gasteiger partial charge in [0.05, 0.1) is 11.8 Å². The summed E-state index contributed by atoms with van der Waals surface area (Å²) in [5.74, 6) is 0.0586. The topological polar surface area (TPSA) is 64.2 Å². The molecule has 88 valence electrons. The van der Waals surface area contributed by atoms with Crippen LogP contribution in [0.25, 0.3) is 0 Å². The van der Waals surface area contributed by atoms with E-state index in [-0.39, 0.29) is 5.91 Å². The molecule has 1 heterocycles. The number of nitrogens with zero attached hydrogens (tertiary/aromatic N) is 3. The predicted molar refractivity (Wildman–Crippen MR) is 60.9 cm³/mol. The number of amides is 1. The lowest BCUT2D eigenvalue weighted by Crippen LogP contribution is -2.46. The van der Waals surface area contributed by atoms with E-state index in [2.05, 4.69) is 5.10 Å². The SMILES string of the molecule is Cn1cc(C(=O)N(CCN)C2CCC2)cn1. The highest BCUT2D eigenvalue weighted by atomic mass is 16.2. The van der Waals surface area contributed by atoms with Gasteiger partial charge >= 0.3 is 0 Å². The van der Waals surface area contributed by atoms with Crippen LogP contribution in [0.15, 0.2) is 12.4 Å². The molecular formula is C11H18N4O. The fraction of sp³-hybridized carbons (Fsp3) is 0.636. The normalized spacial score (nSPS) is 15.9. The van der Waals surface area contributed by atoms with E-state index in [0.29, 0.717) is 24.7 Å². The molecule has 5 heteroatoms. The quantitative estimate of drug-likeness (QED) is 0.800. The molecule has 1 fully saturated rings. The molecule has 0 saturated heterocycles. The smallest absolute Gasteiger partial charge is 0.257 e. The van der Waals surface area contributed by atoms with Crippen molar-refractivity contribution in [2.45, 2.75) is 25.3 Å². The monoisotopic (exact) mass is 222 g/mol. The van der Waals surface area contributed by atoms with Crippen molar-refractivity contribution in [2.75, 3.05) is 13.1 Å². The van der Waals surface area contributed by atoms with Crippen LogP contribution in [0.2, 0.25) is 0 Å². The zero-order chi connectivity index (χ0) is 11.5. The van der Waals surface area contributed by atoms with Gasteiger partial charge in [-0.15, -0.1) is 0 Å². The standard InChI is InChI=1S/C11H18N4O/c1-14-8-9(7-13-14)11(16)15(6-5-12)10-3-2-4-10/h7-8,10H,2-6,12H2,1H3. The molecule has 0 unspecified atom stereocenters. The number of carbonyl (C=O) groups is 1. The lowest BCUT2D eigenvalue weighted by Gasteiger charge is -2.37. The second kappa shape index (κ2) is 4.65. The highest BCUT2D eigenvalue weighted by molar-refractivity contribution is 5.94. The maximum absolute atomic E-state index is 12.2. The van der Waals surface area contributed by atoms with Gasteiger partial charge in [0.15, 0.2) is 0 Å². The van der Waals surface area contributed by atoms with Crippen molar-refractivity contribution in [3.8, 4) is 0 Å². The summed E-state index contributed by atoms with van der Waals surface area (Å²) in [6, 6.07) is 0.385. The average Bonchev–Trinajstić information content (AvgIpc) is 2.60. The summed E-state index contributed by atoms with van der Waals surface area (Å²) in [7, 11) is 1.81. The Kier molecular flexibility index (Phi) is 3.24. The van der Waals surface area contributed by atoms with Gasteiger partial charge in [0.25, 0.3) is 5.91 Å². The average molecular weight is 222 g/mol. The lowest BCUT2D eigenvalue weighted by atomic mass is 9.91. The van der Waals surface area contributed by atoms with Gasteiger partial charge in [0, 0.05) is 32.4 Å². The minimum absolute atomic E-state index is 0.0586. The van der Waals surface area contributed by atoms with Crippen molar-refractivity contribution in [3.63, 3.8) is 0 Å². The molecule has 0 radical (unpaired) electrons. The number of rotatable bonds is 4. The molecule has 1 saturated carbocycles. The Morgan fingerprint density at radius 3 is 2.88 bits per heavy atom. The Labute approximate surface area is 95.2 Å². The van der Waals surface area contributed by atoms with Crippen molar-refractivity contribution in [1.29, 1.82) is 0 Å². The number of aromatic nitrogens is 2. The van der Waals surface area contributed by atoms with E-state index in [1.54, 1.807) is 17.1 Å². The van der Waals surface area contributed by atoms with Gasteiger partial charge in [-0.05, 0) is 19.3 Å². The summed E-state index contributed by atoms with van der Waals surface area (Å²) in [4.78, 5) is 14.1. The number of hydrogen-bond donors (Lipinski definition) is 1. The van der Waals surface area contributed by atoms with E-state index >= 15 is 0 Å². The van der Waals surface area contributed by atoms with Gasteiger partial charge in [-0.25, -0.2) is 0 Å². The Morgan fingerprint density at radius 1 is 1.69 bits per heavy atom. The van der Waals surface area contributed by atoms with Crippen molar-refractivity contribution in [1.82, 2.24) is 14.7 Å². The molecule has 0 atom stereocenters. The van der Waals surface area contributed by atoms with Crippen molar-refractivity contribution < 1.29 is 4.79 Å². The summed E-state index contributed by atoms with van der Waals surface area (Å²) >= 11 is 0. The molecule has 0 bridgehead atoms. The summed E-state index contributed by atoms with van der Waals surface area (Å²) in [5.41, 5.74) is 6.21. The molecule has 1 aromatic heterocycles. The van der Waals surface area contributed by atoms with Gasteiger partial charge in [0.1, 0.15) is 0 Å². The highest BCUT2D eigenvalue weighted by Gasteiger charge is 2.29. The summed E-state index contributed by atoms with van der Waals surface area (Å²) in [6.45, 7) is 1.15. The number of aryl methyl sites for hydroxylation is 1. The molecule has 2 rings (SSSR count). The van der Waals surface area contributed by atoms with Gasteiger partial charge in [-0.2, -0.15) is 5.10 Å². The van der Waals surface area contributed by atoms with Crippen LogP contribution in [0, 0.1) is 0 Å². The largest absolute Gasteiger partial charge is 0.334 e. The molecule has 0 aromatic carbocycles. The number of carbonyl (C=O) groups excluding carboxylic acids is 1. The minimum Gasteiger partial charge on any atom is -0.334 e. The predicted octanol–water partition coefficient (Wildman–Crippen LogP) is 0.373. The minimum atomic E-state index is 0.0586. The van der Waals surface area contributed by atoms with Gasteiger partial charge in [-0.1, -0.05) is 0 Å². The van der Waals surface area contributed by atoms with Crippen molar-refractivity contribution in [3.05, 3.63) is 18.0 Å². The maximum atomic E-state index is 12.2. The number of nitrogens with two attached hydrogens (primary N) is 1. The fourth-order valence-corrected chi connectivity index (χ4v) is 1.98. The van der Waals surface area contributed by atoms with Crippen LogP contribution in [0.5, 0.6) is 0 Å². The first-order valence-corrected chi connectivity index (χ1v) is 5.72. The molecule has 1 amide bonds. The molecule has 1 aromatic rings. The van der Waals surface area contributed by atoms with Crippen LogP contribution >= 0.6 is 0 Å². The molecule has 1 aliphatic rings. The fourth-order valence-electron chi connectivity index (χ4n) is 1.98. The van der Waals surface area contributed by atoms with Crippen molar-refractivity contribution in [2.24, 2.45) is 12.8 Å². The van der Waals surface area contributed by atoms with E-state index in [0.717, 1.165) is 12.8 Å². The first kappa shape index (κ1) is 11.1. The Hall–Kier alpha value is -1.36. The second-order valence-corrected chi connectivity index (χ2v) is 4.27. The summed E-state index contributed by atoms with van der Waals surface area (Å²) in [5, 5.41) is 4.02. The van der Waals surface area contributed by atoms with Gasteiger partial charge in [0.2, 0.25) is 0 Å². The van der Waals surface area contributed by atoms with E-state index in [1.807, 2.05) is 11.9 Å². The Morgan fingerprint density at radius 2 is 2.44 bits per heavy atom. The van der Waals surface area contributed by atoms with E-state index < -0.39 is 0 Å². The third kappa shape index (κ3) is 2.09. The third-order valence-electron chi connectivity index (χ3n) is 3.10. The van der Waals surface area contributed by atoms with Crippen molar-refractivity contribution >= 4 is 5.91 Å². The van der Waals surface area contributed by atoms with Gasteiger partial charge < -0.3 is 10.6 Å². The van der Waals surface area contributed by atoms with E-state index in [9.17, 15) is 4.79 Å². The third-order valence-corrected chi connectivity index (χ3v) is 3.10. The first-order chi connectivity index (χ1) is 7.72. The Bertz CT molecular complexity index is 370. The molecule has 2 N–H and O–H groups in total. The molecule has 0 spiro atoms. The zero-order valence-corrected chi connectivity index (χ0v) is 9.59. The second-order valence-electron chi connectivity index (χ2n) is 4.27. The molecule has 0 aliphatic heterocycles. The molecular weight excluding hydrogens is 204 g/mol. The lowest BCUT2D eigenvalue weighted by molar-refractivity contribution is 0.0588. The highest BCUT2D eigenvalue weighted by Crippen LogP contribution is 2.25.